The van der Waals surface area contributed by atoms with Crippen LogP contribution in [0.25, 0.3) is 27.9 Å². The average molecular weight is 490 g/mol. The Kier molecular flexibility index (Phi) is 5.70. The molecule has 0 bridgehead atoms. The Morgan fingerprint density at radius 1 is 1.06 bits per heavy atom. The van der Waals surface area contributed by atoms with Gasteiger partial charge in [-0.15, -0.1) is 10.2 Å². The first kappa shape index (κ1) is 22.5. The van der Waals surface area contributed by atoms with Crippen LogP contribution in [0.3, 0.4) is 0 Å². The second kappa shape index (κ2) is 8.89. The molecule has 4 aromatic rings. The summed E-state index contributed by atoms with van der Waals surface area (Å²) in [6.45, 7) is 6.52. The highest BCUT2D eigenvalue weighted by atomic mass is 32.2. The van der Waals surface area contributed by atoms with Gasteiger partial charge in [0.15, 0.2) is 16.6 Å². The molecule has 4 heterocycles. The third-order valence-corrected chi connectivity index (χ3v) is 7.80. The van der Waals surface area contributed by atoms with Gasteiger partial charge in [-0.1, -0.05) is 47.7 Å². The molecule has 0 saturated carbocycles. The molecule has 6 rings (SSSR count). The minimum Gasteiger partial charge on any atom is -0.347 e. The zero-order valence-corrected chi connectivity index (χ0v) is 20.6. The van der Waals surface area contributed by atoms with Gasteiger partial charge in [0, 0.05) is 36.9 Å². The number of likely N-dealkylation sites (tertiary alicyclic amines) is 1. The lowest BCUT2D eigenvalue weighted by Crippen LogP contribution is -2.49. The summed E-state index contributed by atoms with van der Waals surface area (Å²) in [6, 6.07) is 16.2. The molecule has 8 nitrogen and oxygen atoms in total. The summed E-state index contributed by atoms with van der Waals surface area (Å²) in [5, 5.41) is 10.3. The van der Waals surface area contributed by atoms with E-state index in [-0.39, 0.29) is 11.2 Å². The number of amides is 1. The van der Waals surface area contributed by atoms with E-state index in [2.05, 4.69) is 29.3 Å². The van der Waals surface area contributed by atoms with Gasteiger partial charge in [-0.3, -0.25) is 9.20 Å². The predicted molar refractivity (Wildman–Crippen MR) is 134 cm³/mol. The number of carbonyl (C=O) groups excluding carboxylic acids is 1. The number of piperidine rings is 1. The van der Waals surface area contributed by atoms with Crippen molar-refractivity contribution < 1.29 is 14.3 Å². The molecule has 0 unspecified atom stereocenters. The number of rotatable bonds is 4. The maximum Gasteiger partial charge on any atom is 0.235 e. The number of aryl methyl sites for hydroxylation is 1. The molecule has 1 amide bonds. The Hall–Kier alpha value is -3.01. The van der Waals surface area contributed by atoms with Crippen molar-refractivity contribution >= 4 is 34.2 Å². The third kappa shape index (κ3) is 4.07. The molecular formula is C26H27N5O3S. The molecule has 2 fully saturated rings. The smallest absolute Gasteiger partial charge is 0.235 e. The third-order valence-electron chi connectivity index (χ3n) is 6.77. The Morgan fingerprint density at radius 2 is 1.83 bits per heavy atom. The van der Waals surface area contributed by atoms with Crippen LogP contribution >= 0.6 is 11.8 Å². The summed E-state index contributed by atoms with van der Waals surface area (Å²) in [7, 11) is 0. The van der Waals surface area contributed by atoms with Crippen LogP contribution in [0.4, 0.5) is 0 Å². The number of hydrogen-bond acceptors (Lipinski definition) is 7. The molecule has 9 heteroatoms. The van der Waals surface area contributed by atoms with Crippen molar-refractivity contribution in [2.75, 3.05) is 26.3 Å². The predicted octanol–water partition coefficient (Wildman–Crippen LogP) is 4.10. The summed E-state index contributed by atoms with van der Waals surface area (Å²) in [4.78, 5) is 20.2. The van der Waals surface area contributed by atoms with Gasteiger partial charge >= 0.3 is 0 Å². The van der Waals surface area contributed by atoms with E-state index < -0.39 is 5.79 Å². The van der Waals surface area contributed by atoms with Crippen molar-refractivity contribution in [3.63, 3.8) is 0 Å². The maximum absolute atomic E-state index is 13.3. The van der Waals surface area contributed by atoms with Gasteiger partial charge in [0.05, 0.1) is 24.0 Å². The fourth-order valence-electron chi connectivity index (χ4n) is 4.93. The van der Waals surface area contributed by atoms with Crippen LogP contribution in [0.15, 0.2) is 53.7 Å². The Labute approximate surface area is 207 Å². The lowest BCUT2D eigenvalue weighted by Gasteiger charge is -2.38. The maximum atomic E-state index is 13.3. The normalized spacial score (nSPS) is 18.5. The van der Waals surface area contributed by atoms with Crippen molar-refractivity contribution in [2.45, 2.75) is 42.9 Å². The largest absolute Gasteiger partial charge is 0.347 e. The Morgan fingerprint density at radius 3 is 2.60 bits per heavy atom. The van der Waals surface area contributed by atoms with E-state index in [0.717, 1.165) is 33.5 Å². The molecule has 2 aromatic heterocycles. The van der Waals surface area contributed by atoms with Crippen LogP contribution < -0.4 is 0 Å². The number of nitrogens with zero attached hydrogens (tertiary/aromatic N) is 5. The number of thioether (sulfide) groups is 1. The number of hydrogen-bond donors (Lipinski definition) is 0. The van der Waals surface area contributed by atoms with E-state index >= 15 is 0 Å². The zero-order valence-electron chi connectivity index (χ0n) is 19.8. The van der Waals surface area contributed by atoms with Crippen molar-refractivity contribution in [1.29, 1.82) is 0 Å². The summed E-state index contributed by atoms with van der Waals surface area (Å²) in [5.74, 6) is 0.363. The Balaban J connectivity index is 1.32. The lowest BCUT2D eigenvalue weighted by atomic mass is 10.0. The van der Waals surface area contributed by atoms with E-state index in [1.807, 2.05) is 52.6 Å². The van der Waals surface area contributed by atoms with Crippen LogP contribution in [-0.2, 0) is 14.3 Å². The topological polar surface area (TPSA) is 81.9 Å². The van der Waals surface area contributed by atoms with Crippen molar-refractivity contribution in [3.8, 4) is 11.4 Å². The van der Waals surface area contributed by atoms with E-state index in [4.69, 9.17) is 14.5 Å². The van der Waals surface area contributed by atoms with Crippen molar-refractivity contribution in [1.82, 2.24) is 24.5 Å². The minimum atomic E-state index is -0.494. The van der Waals surface area contributed by atoms with Crippen molar-refractivity contribution in [3.05, 3.63) is 54.1 Å². The van der Waals surface area contributed by atoms with Crippen LogP contribution in [0.5, 0.6) is 0 Å². The second-order valence-corrected chi connectivity index (χ2v) is 10.5. The first-order valence-electron chi connectivity index (χ1n) is 12.0. The first-order chi connectivity index (χ1) is 17.0. The summed E-state index contributed by atoms with van der Waals surface area (Å²) in [5.41, 5.74) is 3.74. The van der Waals surface area contributed by atoms with Crippen LogP contribution in [0.1, 0.15) is 25.3 Å². The first-order valence-corrected chi connectivity index (χ1v) is 12.9. The van der Waals surface area contributed by atoms with E-state index in [0.29, 0.717) is 44.3 Å². The highest BCUT2D eigenvalue weighted by Gasteiger charge is 2.41. The fraction of sp³-hybridized carbons (Fsp3) is 0.385. The number of ether oxygens (including phenoxy) is 2. The molecule has 1 spiro atoms. The molecule has 2 saturated heterocycles. The molecule has 2 aliphatic rings. The van der Waals surface area contributed by atoms with Gasteiger partial charge in [0.1, 0.15) is 5.82 Å². The molecule has 1 atom stereocenters. The average Bonchev–Trinajstić information content (AvgIpc) is 3.51. The van der Waals surface area contributed by atoms with Gasteiger partial charge in [-0.05, 0) is 32.0 Å². The summed E-state index contributed by atoms with van der Waals surface area (Å²) < 4.78 is 13.6. The highest BCUT2D eigenvalue weighted by molar-refractivity contribution is 8.00. The van der Waals surface area contributed by atoms with Crippen LogP contribution in [-0.4, -0.2) is 67.7 Å². The number of benzene rings is 2. The summed E-state index contributed by atoms with van der Waals surface area (Å²) in [6.07, 6.45) is 1.41. The molecule has 0 radical (unpaired) electrons. The standard InChI is InChI=1S/C26H27N5O3S/c1-17-6-5-7-19(16-17)22-27-21-9-4-3-8-20(21)23-28-29-25(31(22)23)35-18(2)24(32)30-12-10-26(11-13-30)33-14-15-34-26/h3-9,16,18H,10-15H2,1-2H3/t18-/m0/s1. The Bertz CT molecular complexity index is 1400. The number of carbonyl (C=O) groups is 1. The quantitative estimate of drug-likeness (QED) is 0.399. The summed E-state index contributed by atoms with van der Waals surface area (Å²) >= 11 is 1.42. The van der Waals surface area contributed by atoms with Crippen LogP contribution in [0.2, 0.25) is 0 Å². The van der Waals surface area contributed by atoms with Crippen molar-refractivity contribution in [2.24, 2.45) is 0 Å². The number of para-hydroxylation sites is 1. The van der Waals surface area contributed by atoms with Gasteiger partial charge in [-0.25, -0.2) is 4.98 Å². The van der Waals surface area contributed by atoms with Gasteiger partial charge in [0.2, 0.25) is 5.91 Å². The molecule has 180 valence electrons. The molecular weight excluding hydrogens is 462 g/mol. The number of aromatic nitrogens is 4. The number of fused-ring (bicyclic) bond motifs is 3. The fourth-order valence-corrected chi connectivity index (χ4v) is 5.87. The van der Waals surface area contributed by atoms with Gasteiger partial charge in [-0.2, -0.15) is 0 Å². The van der Waals surface area contributed by atoms with E-state index in [1.54, 1.807) is 0 Å². The molecule has 2 aliphatic heterocycles. The molecule has 35 heavy (non-hydrogen) atoms. The second-order valence-electron chi connectivity index (χ2n) is 9.16. The SMILES string of the molecule is Cc1cccc(-c2nc3ccccc3c3nnc(S[C@@H](C)C(=O)N4CCC5(CC4)OCCO5)n23)c1. The highest BCUT2D eigenvalue weighted by Crippen LogP contribution is 2.34. The molecule has 0 aliphatic carbocycles. The van der Waals surface area contributed by atoms with E-state index in [1.165, 1.54) is 11.8 Å². The monoisotopic (exact) mass is 489 g/mol. The van der Waals surface area contributed by atoms with Crippen LogP contribution in [0, 0.1) is 6.92 Å². The van der Waals surface area contributed by atoms with Gasteiger partial charge < -0.3 is 14.4 Å². The lowest BCUT2D eigenvalue weighted by molar-refractivity contribution is -0.187. The minimum absolute atomic E-state index is 0.0884. The zero-order chi connectivity index (χ0) is 24.0. The van der Waals surface area contributed by atoms with Gasteiger partial charge in [0.25, 0.3) is 0 Å². The molecule has 2 aromatic carbocycles. The van der Waals surface area contributed by atoms with E-state index in [9.17, 15) is 4.79 Å². The molecule has 0 N–H and O–H groups in total.